The topological polar surface area (TPSA) is 247 Å². The molecule has 0 aromatic heterocycles. The van der Waals surface area contributed by atoms with Crippen LogP contribution in [0.2, 0.25) is 0 Å². The Balaban J connectivity index is -0.00000000133. The molecule has 0 aliphatic heterocycles. The van der Waals surface area contributed by atoms with Gasteiger partial charge in [-0.2, -0.15) is 0 Å². The Kier molecular flexibility index (Phi) is 43100. The van der Waals surface area contributed by atoms with E-state index in [4.69, 9.17) is 9.73 Å². The normalized spacial score (nSPS) is 0.889. The molecule has 0 rings (SSSR count). The van der Waals surface area contributed by atoms with Crippen LogP contribution in [-0.4, -0.2) is 12.4 Å². The summed E-state index contributed by atoms with van der Waals surface area (Å²) >= 11 is 0. The van der Waals surface area contributed by atoms with Crippen molar-refractivity contribution in [1.82, 2.24) is 36.9 Å². The van der Waals surface area contributed by atoms with Crippen LogP contribution in [0.5, 0.6) is 0 Å². The Morgan fingerprint density at radius 2 is 0.778 bits per heavy atom. The van der Waals surface area contributed by atoms with Crippen LogP contribution in [0, 0.1) is 0 Å². The predicted octanol–water partition coefficient (Wildman–Crippen LogP) is -0.0846. The van der Waals surface area contributed by atoms with E-state index in [2.05, 4.69) is 0 Å². The van der Waals surface area contributed by atoms with Gasteiger partial charge in [-0.3, -0.25) is 0 Å². The molecule has 0 saturated heterocycles. The van der Waals surface area contributed by atoms with E-state index < -0.39 is 0 Å². The van der Waals surface area contributed by atoms with Gasteiger partial charge in [0.15, 0.2) is 0 Å². The molecule has 0 aliphatic rings. The molecule has 0 atom stereocenters. The van der Waals surface area contributed by atoms with Crippen LogP contribution in [-0.2, 0) is 4.70 Å². The molecule has 0 amide bonds. The summed E-state index contributed by atoms with van der Waals surface area (Å²) in [6.45, 7) is 0. The first-order valence-electron chi connectivity index (χ1n) is 0.494. The number of hydrogen-bond donors (Lipinski definition) is 7. The molecule has 8 nitrogen and oxygen atoms in total. The van der Waals surface area contributed by atoms with Gasteiger partial charge in [0, 0.05) is 0 Å². The third-order valence-electron chi connectivity index (χ3n) is 0. The third kappa shape index (κ3) is 661. The summed E-state index contributed by atoms with van der Waals surface area (Å²) in [5, 5.41) is 6.89. The van der Waals surface area contributed by atoms with Gasteiger partial charge in [-0.15, -0.1) is 0 Å². The van der Waals surface area contributed by atoms with E-state index in [-0.39, 0.29) is 44.3 Å². The van der Waals surface area contributed by atoms with Crippen molar-refractivity contribution in [2.75, 3.05) is 0 Å². The average molecular weight is 146 g/mol. The Bertz CT molecular complexity index is 18.5. The van der Waals surface area contributed by atoms with Gasteiger partial charge in [0.1, 0.15) is 0 Å². The van der Waals surface area contributed by atoms with Gasteiger partial charge in [-0.25, -0.2) is 0 Å². The van der Waals surface area contributed by atoms with Gasteiger partial charge < -0.3 is 36.9 Å². The summed E-state index contributed by atoms with van der Waals surface area (Å²) in [5.41, 5.74) is 0. The Morgan fingerprint density at radius 1 is 0.778 bits per heavy atom. The van der Waals surface area contributed by atoms with Gasteiger partial charge in [-0.05, 0) is 0 Å². The summed E-state index contributed by atoms with van der Waals surface area (Å²) in [5.74, 6) is 0. The fourth-order valence-corrected chi connectivity index (χ4v) is 0. The standard InChI is InChI=1S/BHO2.6H3N/c2-1-3;;;;;;/h2H;6*1H3. The monoisotopic (exact) mass is 146 g/mol. The number of hydrogen-bond acceptors (Lipinski definition) is 7. The van der Waals surface area contributed by atoms with E-state index in [9.17, 15) is 0 Å². The summed E-state index contributed by atoms with van der Waals surface area (Å²) in [6, 6.07) is 0. The average Bonchev–Trinajstić information content (AvgIpc) is 0.918. The first-order valence-corrected chi connectivity index (χ1v) is 0.494. The molecule has 0 radical (unpaired) electrons. The van der Waals surface area contributed by atoms with Gasteiger partial charge in [0.2, 0.25) is 0 Å². The first-order chi connectivity index (χ1) is 1.41. The molecule has 0 aromatic carbocycles. The van der Waals surface area contributed by atoms with Crippen LogP contribution in [0.15, 0.2) is 0 Å². The molecular formula is H19BN6O2. The second-order valence-corrected chi connectivity index (χ2v) is 0.105. The van der Waals surface area contributed by atoms with Crippen molar-refractivity contribution in [3.8, 4) is 0 Å². The Hall–Kier alpha value is -0.575. The summed E-state index contributed by atoms with van der Waals surface area (Å²) in [6.07, 6.45) is 0. The van der Waals surface area contributed by atoms with Crippen molar-refractivity contribution in [3.63, 3.8) is 0 Å². The second kappa shape index (κ2) is 1700. The zero-order chi connectivity index (χ0) is 2.71. The first kappa shape index (κ1) is 229. The minimum absolute atomic E-state index is 0. The van der Waals surface area contributed by atoms with Crippen molar-refractivity contribution in [2.45, 2.75) is 0 Å². The molecule has 0 aliphatic carbocycles. The third-order valence-corrected chi connectivity index (χ3v) is 0. The molecule has 0 aromatic rings. The van der Waals surface area contributed by atoms with Crippen molar-refractivity contribution in [2.24, 2.45) is 0 Å². The zero-order valence-corrected chi connectivity index (χ0v) is 5.68. The predicted molar refractivity (Wildman–Crippen MR) is 38.8 cm³/mol. The second-order valence-electron chi connectivity index (χ2n) is 0.105. The van der Waals surface area contributed by atoms with E-state index in [1.807, 2.05) is 0 Å². The summed E-state index contributed by atoms with van der Waals surface area (Å²) in [4.78, 5) is 0. The molecule has 19 N–H and O–H groups in total. The Labute approximate surface area is 55.2 Å². The fraction of sp³-hybridized carbons (Fsp3) is 0. The van der Waals surface area contributed by atoms with Crippen LogP contribution >= 0.6 is 0 Å². The van der Waals surface area contributed by atoms with E-state index in [0.717, 1.165) is 0 Å². The van der Waals surface area contributed by atoms with Crippen LogP contribution in [0.4, 0.5) is 0 Å². The Morgan fingerprint density at radius 3 is 0.778 bits per heavy atom. The minimum atomic E-state index is -0.250. The van der Waals surface area contributed by atoms with Crippen LogP contribution in [0.1, 0.15) is 0 Å². The van der Waals surface area contributed by atoms with Gasteiger partial charge in [-0.1, -0.05) is 0 Å². The van der Waals surface area contributed by atoms with E-state index in [0.29, 0.717) is 0 Å². The van der Waals surface area contributed by atoms with Gasteiger partial charge >= 0.3 is 17.1 Å². The van der Waals surface area contributed by atoms with E-state index in [1.165, 1.54) is 0 Å². The molecule has 0 spiro atoms. The summed E-state index contributed by atoms with van der Waals surface area (Å²) < 4.78 is 8.36. The van der Waals surface area contributed by atoms with Crippen molar-refractivity contribution in [1.29, 1.82) is 0 Å². The van der Waals surface area contributed by atoms with Crippen molar-refractivity contribution >= 4 is 7.35 Å². The molecule has 0 fully saturated rings. The SMILES string of the molecule is N.N.N.N.N.N.O=BO. The van der Waals surface area contributed by atoms with Crippen molar-refractivity contribution in [3.05, 3.63) is 0 Å². The molecule has 0 unspecified atom stereocenters. The van der Waals surface area contributed by atoms with Crippen LogP contribution in [0.3, 0.4) is 0 Å². The fourth-order valence-electron chi connectivity index (χ4n) is 0. The number of rotatable bonds is 0. The molecular weight excluding hydrogens is 127 g/mol. The molecule has 9 heavy (non-hydrogen) atoms. The molecule has 9 heteroatoms. The van der Waals surface area contributed by atoms with Crippen LogP contribution in [0.25, 0.3) is 0 Å². The zero-order valence-electron chi connectivity index (χ0n) is 5.68. The molecule has 0 bridgehead atoms. The van der Waals surface area contributed by atoms with Gasteiger partial charge in [0.25, 0.3) is 0 Å². The van der Waals surface area contributed by atoms with E-state index >= 15 is 0 Å². The maximum absolute atomic E-state index is 8.36. The van der Waals surface area contributed by atoms with E-state index in [1.54, 1.807) is 0 Å². The maximum atomic E-state index is 8.36. The molecule has 64 valence electrons. The molecule has 0 heterocycles. The summed E-state index contributed by atoms with van der Waals surface area (Å²) in [7, 11) is -0.250. The quantitative estimate of drug-likeness (QED) is 0.226. The molecule has 0 saturated carbocycles. The van der Waals surface area contributed by atoms with Crippen LogP contribution < -0.4 is 36.9 Å². The van der Waals surface area contributed by atoms with Gasteiger partial charge in [0.05, 0.1) is 0 Å². The van der Waals surface area contributed by atoms with Crippen molar-refractivity contribution < 1.29 is 9.73 Å².